The van der Waals surface area contributed by atoms with Gasteiger partial charge in [-0.2, -0.15) is 0 Å². The van der Waals surface area contributed by atoms with E-state index in [0.29, 0.717) is 0 Å². The van der Waals surface area contributed by atoms with Crippen molar-refractivity contribution in [2.45, 2.75) is 17.6 Å². The van der Waals surface area contributed by atoms with E-state index in [9.17, 15) is 0 Å². The highest BCUT2D eigenvalue weighted by atomic mass is 32.2. The fourth-order valence-electron chi connectivity index (χ4n) is 2.54. The second-order valence-electron chi connectivity index (χ2n) is 4.58. The van der Waals surface area contributed by atoms with Crippen LogP contribution in [0.4, 0.5) is 0 Å². The smallest absolute Gasteiger partial charge is 0.140 e. The highest BCUT2D eigenvalue weighted by molar-refractivity contribution is 7.98. The summed E-state index contributed by atoms with van der Waals surface area (Å²) in [4.78, 5) is 6.18. The lowest BCUT2D eigenvalue weighted by Gasteiger charge is -2.14. The van der Waals surface area contributed by atoms with E-state index in [-0.39, 0.29) is 0 Å². The molecule has 0 amide bonds. The largest absolute Gasteiger partial charge is 0.302 e. The maximum Gasteiger partial charge on any atom is 0.140 e. The van der Waals surface area contributed by atoms with Crippen LogP contribution in [0.15, 0.2) is 47.5 Å². The Kier molecular flexibility index (Phi) is 2.06. The molecule has 0 radical (unpaired) electrons. The number of rotatable bonds is 0. The van der Waals surface area contributed by atoms with E-state index in [1.165, 1.54) is 21.7 Å². The van der Waals surface area contributed by atoms with Crippen LogP contribution in [0, 0.1) is 6.92 Å². The van der Waals surface area contributed by atoms with Crippen molar-refractivity contribution in [2.75, 3.05) is 0 Å². The monoisotopic (exact) mass is 252 g/mol. The van der Waals surface area contributed by atoms with Gasteiger partial charge in [0.25, 0.3) is 0 Å². The summed E-state index contributed by atoms with van der Waals surface area (Å²) in [6.07, 6.45) is 2.11. The zero-order valence-electron chi connectivity index (χ0n) is 10.1. The lowest BCUT2D eigenvalue weighted by atomic mass is 10.1. The van der Waals surface area contributed by atoms with Crippen molar-refractivity contribution in [2.24, 2.45) is 0 Å². The molecule has 88 valence electrons. The van der Waals surface area contributed by atoms with Crippen LogP contribution in [0.25, 0.3) is 16.9 Å². The number of imidazole rings is 1. The van der Waals surface area contributed by atoms with Crippen molar-refractivity contribution in [3.8, 4) is 11.3 Å². The molecule has 2 aromatic heterocycles. The standard InChI is InChI=1S/C15H12N2S/c1-10-5-4-8-17-12-9-18-13-7-3-2-6-11(13)14(12)16-15(10)17/h2-8H,9H2,1H3. The molecule has 0 spiro atoms. The highest BCUT2D eigenvalue weighted by Crippen LogP contribution is 2.41. The maximum atomic E-state index is 4.84. The van der Waals surface area contributed by atoms with Gasteiger partial charge in [0.15, 0.2) is 0 Å². The third-order valence-corrected chi connectivity index (χ3v) is 4.54. The van der Waals surface area contributed by atoms with Gasteiger partial charge in [-0.05, 0) is 24.6 Å². The van der Waals surface area contributed by atoms with Gasteiger partial charge in [0.1, 0.15) is 5.65 Å². The van der Waals surface area contributed by atoms with Gasteiger partial charge >= 0.3 is 0 Å². The summed E-state index contributed by atoms with van der Waals surface area (Å²) >= 11 is 1.90. The molecule has 0 N–H and O–H groups in total. The Morgan fingerprint density at radius 1 is 1.17 bits per heavy atom. The van der Waals surface area contributed by atoms with Crippen LogP contribution < -0.4 is 0 Å². The number of aromatic nitrogens is 2. The number of thioether (sulfide) groups is 1. The van der Waals surface area contributed by atoms with E-state index in [1.54, 1.807) is 0 Å². The molecule has 1 aliphatic heterocycles. The van der Waals surface area contributed by atoms with Gasteiger partial charge < -0.3 is 4.40 Å². The van der Waals surface area contributed by atoms with Gasteiger partial charge in [0.05, 0.1) is 11.4 Å². The van der Waals surface area contributed by atoms with E-state index < -0.39 is 0 Å². The van der Waals surface area contributed by atoms with Gasteiger partial charge in [-0.15, -0.1) is 11.8 Å². The minimum Gasteiger partial charge on any atom is -0.302 e. The Morgan fingerprint density at radius 2 is 2.06 bits per heavy atom. The average molecular weight is 252 g/mol. The highest BCUT2D eigenvalue weighted by Gasteiger charge is 2.21. The summed E-state index contributed by atoms with van der Waals surface area (Å²) in [6.45, 7) is 2.12. The van der Waals surface area contributed by atoms with Crippen molar-refractivity contribution in [1.82, 2.24) is 9.38 Å². The normalized spacial score (nSPS) is 13.4. The second kappa shape index (κ2) is 3.62. The quantitative estimate of drug-likeness (QED) is 0.603. The molecule has 0 fully saturated rings. The molecular weight excluding hydrogens is 240 g/mol. The van der Waals surface area contributed by atoms with Crippen molar-refractivity contribution in [3.05, 3.63) is 53.9 Å². The molecule has 3 aromatic rings. The molecule has 18 heavy (non-hydrogen) atoms. The summed E-state index contributed by atoms with van der Waals surface area (Å²) in [5.74, 6) is 0.997. The topological polar surface area (TPSA) is 17.3 Å². The van der Waals surface area contributed by atoms with Crippen molar-refractivity contribution in [3.63, 3.8) is 0 Å². The molecule has 0 atom stereocenters. The summed E-state index contributed by atoms with van der Waals surface area (Å²) in [5.41, 5.74) is 6.05. The lowest BCUT2D eigenvalue weighted by Crippen LogP contribution is -1.98. The number of hydrogen-bond donors (Lipinski definition) is 0. The molecule has 0 saturated carbocycles. The fourth-order valence-corrected chi connectivity index (χ4v) is 3.60. The molecule has 4 rings (SSSR count). The first-order valence-corrected chi connectivity index (χ1v) is 7.02. The Labute approximate surface area is 110 Å². The maximum absolute atomic E-state index is 4.84. The third-order valence-electron chi connectivity index (χ3n) is 3.45. The fraction of sp³-hybridized carbons (Fsp3) is 0.133. The summed E-state index contributed by atoms with van der Waals surface area (Å²) in [5, 5.41) is 0. The van der Waals surface area contributed by atoms with Crippen LogP contribution in [-0.4, -0.2) is 9.38 Å². The summed E-state index contributed by atoms with van der Waals surface area (Å²) in [6, 6.07) is 12.7. The zero-order chi connectivity index (χ0) is 12.1. The Hall–Kier alpha value is -1.74. The number of hydrogen-bond acceptors (Lipinski definition) is 2. The van der Waals surface area contributed by atoms with E-state index in [0.717, 1.165) is 17.1 Å². The number of pyridine rings is 1. The lowest BCUT2D eigenvalue weighted by molar-refractivity contribution is 1.08. The van der Waals surface area contributed by atoms with Gasteiger partial charge in [-0.3, -0.25) is 0 Å². The number of aryl methyl sites for hydroxylation is 1. The van der Waals surface area contributed by atoms with E-state index in [4.69, 9.17) is 4.98 Å². The van der Waals surface area contributed by atoms with Crippen LogP contribution in [0.3, 0.4) is 0 Å². The van der Waals surface area contributed by atoms with Crippen LogP contribution in [-0.2, 0) is 5.75 Å². The Balaban J connectivity index is 2.11. The number of nitrogens with zero attached hydrogens (tertiary/aromatic N) is 2. The number of fused-ring (bicyclic) bond motifs is 5. The molecule has 2 nitrogen and oxygen atoms in total. The van der Waals surface area contributed by atoms with Gasteiger partial charge in [-0.25, -0.2) is 4.98 Å². The zero-order valence-corrected chi connectivity index (χ0v) is 10.9. The van der Waals surface area contributed by atoms with Crippen LogP contribution in [0.1, 0.15) is 11.3 Å². The van der Waals surface area contributed by atoms with Gasteiger partial charge in [-0.1, -0.05) is 24.3 Å². The van der Waals surface area contributed by atoms with Crippen molar-refractivity contribution in [1.29, 1.82) is 0 Å². The first-order chi connectivity index (χ1) is 8.84. The second-order valence-corrected chi connectivity index (χ2v) is 5.59. The SMILES string of the molecule is Cc1cccn2c3c(nc12)-c1ccccc1SC3. The summed E-state index contributed by atoms with van der Waals surface area (Å²) in [7, 11) is 0. The van der Waals surface area contributed by atoms with Crippen molar-refractivity contribution < 1.29 is 0 Å². The summed E-state index contributed by atoms with van der Waals surface area (Å²) < 4.78 is 2.23. The predicted octanol–water partition coefficient (Wildman–Crippen LogP) is 3.92. The van der Waals surface area contributed by atoms with Gasteiger partial charge in [0.2, 0.25) is 0 Å². The molecule has 1 aliphatic rings. The molecule has 3 heteroatoms. The van der Waals surface area contributed by atoms with E-state index >= 15 is 0 Å². The molecule has 0 bridgehead atoms. The average Bonchev–Trinajstić information content (AvgIpc) is 2.79. The molecular formula is C15H12N2S. The van der Waals surface area contributed by atoms with Gasteiger partial charge in [0, 0.05) is 22.4 Å². The molecule has 0 unspecified atom stereocenters. The van der Waals surface area contributed by atoms with Crippen LogP contribution in [0.5, 0.6) is 0 Å². The molecule has 1 aromatic carbocycles. The first kappa shape index (κ1) is 10.2. The van der Waals surface area contributed by atoms with Crippen LogP contribution >= 0.6 is 11.8 Å². The number of benzene rings is 1. The molecule has 0 saturated heterocycles. The van der Waals surface area contributed by atoms with Crippen molar-refractivity contribution >= 4 is 17.4 Å². The predicted molar refractivity (Wildman–Crippen MR) is 74.9 cm³/mol. The Bertz CT molecular complexity index is 758. The van der Waals surface area contributed by atoms with Crippen LogP contribution in [0.2, 0.25) is 0 Å². The molecule has 3 heterocycles. The van der Waals surface area contributed by atoms with E-state index in [1.807, 2.05) is 11.8 Å². The minimum absolute atomic E-state index is 0.997. The third kappa shape index (κ3) is 1.28. The first-order valence-electron chi connectivity index (χ1n) is 6.03. The minimum atomic E-state index is 0.997. The Morgan fingerprint density at radius 3 is 3.00 bits per heavy atom. The van der Waals surface area contributed by atoms with E-state index in [2.05, 4.69) is 53.9 Å². The molecule has 0 aliphatic carbocycles.